The summed E-state index contributed by atoms with van der Waals surface area (Å²) < 4.78 is 5.68. The van der Waals surface area contributed by atoms with Crippen LogP contribution >= 0.6 is 22.9 Å². The molecule has 0 spiro atoms. The highest BCUT2D eigenvalue weighted by Crippen LogP contribution is 2.28. The monoisotopic (exact) mass is 281 g/mol. The first kappa shape index (κ1) is 13.1. The fourth-order valence-electron chi connectivity index (χ4n) is 1.59. The van der Waals surface area contributed by atoms with Crippen molar-refractivity contribution in [3.8, 4) is 11.3 Å². The van der Waals surface area contributed by atoms with Gasteiger partial charge in [-0.1, -0.05) is 11.6 Å². The first-order chi connectivity index (χ1) is 8.61. The third kappa shape index (κ3) is 2.71. The lowest BCUT2D eigenvalue weighted by atomic mass is 10.1. The van der Waals surface area contributed by atoms with Crippen LogP contribution in [0.4, 0.5) is 0 Å². The standard InChI is InChI=1S/C13H12ClNO2S/c1-3-17-13(16)10-4-5-11(15-8(10)2)9-6-12(14)18-7-9/h4-7H,3H2,1-2H3. The van der Waals surface area contributed by atoms with Gasteiger partial charge in [0.1, 0.15) is 0 Å². The summed E-state index contributed by atoms with van der Waals surface area (Å²) in [6.45, 7) is 3.94. The smallest absolute Gasteiger partial charge is 0.339 e. The molecule has 2 aromatic rings. The maximum Gasteiger partial charge on any atom is 0.339 e. The maximum absolute atomic E-state index is 11.6. The summed E-state index contributed by atoms with van der Waals surface area (Å²) in [5.74, 6) is -0.336. The Labute approximate surface area is 114 Å². The van der Waals surface area contributed by atoms with Gasteiger partial charge in [0.2, 0.25) is 0 Å². The number of hydrogen-bond acceptors (Lipinski definition) is 4. The predicted octanol–water partition coefficient (Wildman–Crippen LogP) is 3.95. The second-order valence-corrected chi connectivity index (χ2v) is 5.23. The first-order valence-electron chi connectivity index (χ1n) is 5.51. The Hall–Kier alpha value is -1.39. The summed E-state index contributed by atoms with van der Waals surface area (Å²) >= 11 is 7.35. The van der Waals surface area contributed by atoms with Crippen LogP contribution in [0.1, 0.15) is 23.0 Å². The summed E-state index contributed by atoms with van der Waals surface area (Å²) in [5, 5.41) is 1.94. The average molecular weight is 282 g/mol. The van der Waals surface area contributed by atoms with Crippen molar-refractivity contribution in [2.24, 2.45) is 0 Å². The molecule has 2 rings (SSSR count). The van der Waals surface area contributed by atoms with E-state index < -0.39 is 0 Å². The zero-order valence-electron chi connectivity index (χ0n) is 10.1. The van der Waals surface area contributed by atoms with Crippen LogP contribution in [0.15, 0.2) is 23.6 Å². The van der Waals surface area contributed by atoms with Crippen molar-refractivity contribution in [3.63, 3.8) is 0 Å². The molecular formula is C13H12ClNO2S. The van der Waals surface area contributed by atoms with Crippen molar-refractivity contribution >= 4 is 28.9 Å². The number of pyridine rings is 1. The van der Waals surface area contributed by atoms with Gasteiger partial charge in [0.25, 0.3) is 0 Å². The highest BCUT2D eigenvalue weighted by molar-refractivity contribution is 7.14. The van der Waals surface area contributed by atoms with Crippen LogP contribution in [0.3, 0.4) is 0 Å². The lowest BCUT2D eigenvalue weighted by Crippen LogP contribution is -2.07. The van der Waals surface area contributed by atoms with Crippen molar-refractivity contribution in [3.05, 3.63) is 39.2 Å². The zero-order chi connectivity index (χ0) is 13.1. The Morgan fingerprint density at radius 3 is 2.83 bits per heavy atom. The molecule has 94 valence electrons. The molecule has 0 aliphatic rings. The molecule has 0 aliphatic heterocycles. The van der Waals surface area contributed by atoms with Gasteiger partial charge >= 0.3 is 5.97 Å². The molecule has 0 amide bonds. The summed E-state index contributed by atoms with van der Waals surface area (Å²) in [6.07, 6.45) is 0. The Kier molecular flexibility index (Phi) is 3.99. The Morgan fingerprint density at radius 1 is 1.50 bits per heavy atom. The number of rotatable bonds is 3. The van der Waals surface area contributed by atoms with Crippen molar-refractivity contribution in [2.75, 3.05) is 6.61 Å². The second-order valence-electron chi connectivity index (χ2n) is 3.69. The van der Waals surface area contributed by atoms with E-state index in [2.05, 4.69) is 4.98 Å². The van der Waals surface area contributed by atoms with Crippen LogP contribution in [0.5, 0.6) is 0 Å². The summed E-state index contributed by atoms with van der Waals surface area (Å²) in [5.41, 5.74) is 2.93. The molecule has 0 N–H and O–H groups in total. The minimum atomic E-state index is -0.336. The van der Waals surface area contributed by atoms with Gasteiger partial charge in [-0.15, -0.1) is 11.3 Å². The number of halogens is 1. The largest absolute Gasteiger partial charge is 0.462 e. The fourth-order valence-corrected chi connectivity index (χ4v) is 2.47. The highest BCUT2D eigenvalue weighted by Gasteiger charge is 2.12. The third-order valence-electron chi connectivity index (χ3n) is 2.44. The van der Waals surface area contributed by atoms with Crippen molar-refractivity contribution in [1.29, 1.82) is 0 Å². The lowest BCUT2D eigenvalue weighted by Gasteiger charge is -2.06. The van der Waals surface area contributed by atoms with Crippen LogP contribution in [-0.4, -0.2) is 17.6 Å². The van der Waals surface area contributed by atoms with Gasteiger partial charge in [-0.05, 0) is 32.0 Å². The molecule has 18 heavy (non-hydrogen) atoms. The second kappa shape index (κ2) is 5.50. The molecular weight excluding hydrogens is 270 g/mol. The van der Waals surface area contributed by atoms with E-state index in [0.717, 1.165) is 15.6 Å². The van der Waals surface area contributed by atoms with Gasteiger partial charge in [0.05, 0.1) is 27.9 Å². The number of ether oxygens (including phenoxy) is 1. The van der Waals surface area contributed by atoms with Gasteiger partial charge < -0.3 is 4.74 Å². The Bertz CT molecular complexity index is 580. The quantitative estimate of drug-likeness (QED) is 0.800. The molecule has 0 aromatic carbocycles. The molecule has 2 heterocycles. The molecule has 0 unspecified atom stereocenters. The summed E-state index contributed by atoms with van der Waals surface area (Å²) in [7, 11) is 0. The first-order valence-corrected chi connectivity index (χ1v) is 6.76. The van der Waals surface area contributed by atoms with E-state index in [1.165, 1.54) is 11.3 Å². The lowest BCUT2D eigenvalue weighted by molar-refractivity contribution is 0.0525. The summed E-state index contributed by atoms with van der Waals surface area (Å²) in [4.78, 5) is 16.0. The predicted molar refractivity (Wildman–Crippen MR) is 73.3 cm³/mol. The van der Waals surface area contributed by atoms with E-state index in [1.54, 1.807) is 26.0 Å². The van der Waals surface area contributed by atoms with E-state index in [-0.39, 0.29) is 5.97 Å². The van der Waals surface area contributed by atoms with Gasteiger partial charge in [-0.25, -0.2) is 4.79 Å². The molecule has 0 bridgehead atoms. The van der Waals surface area contributed by atoms with E-state index in [1.807, 2.05) is 11.4 Å². The summed E-state index contributed by atoms with van der Waals surface area (Å²) in [6, 6.07) is 5.40. The maximum atomic E-state index is 11.6. The van der Waals surface area contributed by atoms with Gasteiger partial charge in [0.15, 0.2) is 0 Å². The molecule has 0 saturated heterocycles. The number of thiophene rings is 1. The number of nitrogens with zero attached hydrogens (tertiary/aromatic N) is 1. The van der Waals surface area contributed by atoms with E-state index in [0.29, 0.717) is 17.9 Å². The minimum Gasteiger partial charge on any atom is -0.462 e. The zero-order valence-corrected chi connectivity index (χ0v) is 11.6. The van der Waals surface area contributed by atoms with Crippen LogP contribution in [0, 0.1) is 6.92 Å². The SMILES string of the molecule is CCOC(=O)c1ccc(-c2csc(Cl)c2)nc1C. The number of esters is 1. The van der Waals surface area contributed by atoms with Crippen LogP contribution < -0.4 is 0 Å². The van der Waals surface area contributed by atoms with E-state index in [4.69, 9.17) is 16.3 Å². The van der Waals surface area contributed by atoms with Gasteiger partial charge in [-0.3, -0.25) is 4.98 Å². The normalized spacial score (nSPS) is 10.4. The Morgan fingerprint density at radius 2 is 2.28 bits per heavy atom. The number of carbonyl (C=O) groups excluding carboxylic acids is 1. The fraction of sp³-hybridized carbons (Fsp3) is 0.231. The molecule has 0 radical (unpaired) electrons. The molecule has 3 nitrogen and oxygen atoms in total. The highest BCUT2D eigenvalue weighted by atomic mass is 35.5. The molecule has 5 heteroatoms. The third-order valence-corrected chi connectivity index (χ3v) is 3.54. The van der Waals surface area contributed by atoms with Gasteiger partial charge in [-0.2, -0.15) is 0 Å². The molecule has 0 atom stereocenters. The Balaban J connectivity index is 2.33. The number of carbonyl (C=O) groups is 1. The number of hydrogen-bond donors (Lipinski definition) is 0. The molecule has 0 aliphatic carbocycles. The van der Waals surface area contributed by atoms with Crippen LogP contribution in [0.25, 0.3) is 11.3 Å². The number of aromatic nitrogens is 1. The van der Waals surface area contributed by atoms with E-state index >= 15 is 0 Å². The van der Waals surface area contributed by atoms with Crippen molar-refractivity contribution in [1.82, 2.24) is 4.98 Å². The number of aryl methyl sites for hydroxylation is 1. The molecule has 0 saturated carbocycles. The molecule has 0 fully saturated rings. The average Bonchev–Trinajstić information content (AvgIpc) is 2.76. The van der Waals surface area contributed by atoms with E-state index in [9.17, 15) is 4.79 Å². The minimum absolute atomic E-state index is 0.336. The van der Waals surface area contributed by atoms with Crippen LogP contribution in [-0.2, 0) is 4.74 Å². The van der Waals surface area contributed by atoms with Crippen molar-refractivity contribution in [2.45, 2.75) is 13.8 Å². The van der Waals surface area contributed by atoms with Gasteiger partial charge in [0, 0.05) is 10.9 Å². The van der Waals surface area contributed by atoms with Crippen molar-refractivity contribution < 1.29 is 9.53 Å². The van der Waals surface area contributed by atoms with Crippen LogP contribution in [0.2, 0.25) is 4.34 Å². The topological polar surface area (TPSA) is 39.2 Å². The molecule has 2 aromatic heterocycles.